The first-order valence-electron chi connectivity index (χ1n) is 5.87. The van der Waals surface area contributed by atoms with Gasteiger partial charge < -0.3 is 4.74 Å². The molecule has 0 aliphatic heterocycles. The van der Waals surface area contributed by atoms with Crippen LogP contribution < -0.4 is 0 Å². The Balaban J connectivity index is -0.000000273. The number of nitrogens with one attached hydrogen (secondary N) is 2. The van der Waals surface area contributed by atoms with E-state index >= 15 is 0 Å². The monoisotopic (exact) mass is 244 g/mol. The summed E-state index contributed by atoms with van der Waals surface area (Å²) in [5.41, 5.74) is 0. The summed E-state index contributed by atoms with van der Waals surface area (Å²) >= 11 is 0. The maximum atomic E-state index is 8.35. The fraction of sp³-hybridized carbons (Fsp3) is 0.833. The van der Waals surface area contributed by atoms with E-state index in [-0.39, 0.29) is 0 Å². The lowest BCUT2D eigenvalue weighted by atomic mass is 10.1. The molecule has 0 saturated heterocycles. The molecule has 0 heterocycles. The fourth-order valence-corrected chi connectivity index (χ4v) is 1.12. The molecule has 1 unspecified atom stereocenters. The van der Waals surface area contributed by atoms with Gasteiger partial charge in [0.05, 0.1) is 6.10 Å². The number of ether oxygens (including phenoxy) is 1. The van der Waals surface area contributed by atoms with Crippen molar-refractivity contribution in [2.24, 2.45) is 0 Å². The zero-order chi connectivity index (χ0) is 13.9. The highest BCUT2D eigenvalue weighted by Gasteiger charge is 2.03. The Morgan fingerprint density at radius 1 is 1.06 bits per heavy atom. The van der Waals surface area contributed by atoms with Crippen LogP contribution in [0, 0.1) is 10.8 Å². The van der Waals surface area contributed by atoms with Gasteiger partial charge in [-0.15, -0.1) is 0 Å². The Kier molecular flexibility index (Phi) is 29.9. The molecule has 1 atom stereocenters. The summed E-state index contributed by atoms with van der Waals surface area (Å²) in [6, 6.07) is 0. The topological polar surface area (TPSA) is 91.1 Å². The molecule has 0 fully saturated rings. The predicted octanol–water partition coefficient (Wildman–Crippen LogP) is 3.18. The summed E-state index contributed by atoms with van der Waals surface area (Å²) in [4.78, 5) is 16.7. The second-order valence-corrected chi connectivity index (χ2v) is 3.25. The van der Waals surface area contributed by atoms with Crippen LogP contribution in [0.4, 0.5) is 0 Å². The van der Waals surface area contributed by atoms with E-state index in [1.165, 1.54) is 25.7 Å². The molecule has 0 rings (SSSR count). The Morgan fingerprint density at radius 2 is 1.53 bits per heavy atom. The molecule has 5 nitrogen and oxygen atoms in total. The minimum Gasteiger partial charge on any atom is -0.378 e. The number of unbranched alkanes of at least 4 members (excludes halogenated alkanes) is 1. The van der Waals surface area contributed by atoms with E-state index in [1.807, 2.05) is 0 Å². The average Bonchev–Trinajstić information content (AvgIpc) is 2.30. The van der Waals surface area contributed by atoms with Crippen LogP contribution in [-0.2, 0) is 14.3 Å². The first kappa shape index (κ1) is 21.1. The van der Waals surface area contributed by atoms with E-state index in [0.29, 0.717) is 6.10 Å². The largest absolute Gasteiger partial charge is 0.378 e. The van der Waals surface area contributed by atoms with Crippen molar-refractivity contribution >= 4 is 12.2 Å². The summed E-state index contributed by atoms with van der Waals surface area (Å²) in [5, 5.41) is 10.8. The van der Waals surface area contributed by atoms with Gasteiger partial charge in [-0.3, -0.25) is 0 Å². The Labute approximate surface area is 104 Å². The lowest BCUT2D eigenvalue weighted by Gasteiger charge is -2.14. The smallest absolute Gasteiger partial charge is 0.231 e. The lowest BCUT2D eigenvalue weighted by molar-refractivity contribution is 0.0427. The molecule has 0 aromatic carbocycles. The van der Waals surface area contributed by atoms with E-state index in [4.69, 9.17) is 25.1 Å². The fourth-order valence-electron chi connectivity index (χ4n) is 1.12. The number of isocyanates is 2. The van der Waals surface area contributed by atoms with Crippen LogP contribution >= 0.6 is 0 Å². The van der Waals surface area contributed by atoms with Gasteiger partial charge in [-0.2, -0.15) is 0 Å². The van der Waals surface area contributed by atoms with Crippen LogP contribution in [0.3, 0.4) is 0 Å². The standard InChI is InChI=1S/C10H22O.2CHNO/c1-4-7-9-11-10(6-3)8-5-2;2*2-1-3/h10H,4-9H2,1-3H3;2*2H. The van der Waals surface area contributed by atoms with E-state index in [2.05, 4.69) is 20.8 Å². The van der Waals surface area contributed by atoms with Crippen LogP contribution in [0.15, 0.2) is 0 Å². The van der Waals surface area contributed by atoms with Crippen LogP contribution in [0.5, 0.6) is 0 Å². The molecule has 0 saturated carbocycles. The zero-order valence-corrected chi connectivity index (χ0v) is 11.0. The molecule has 0 aromatic heterocycles. The third kappa shape index (κ3) is 31.3. The molecule has 0 radical (unpaired) electrons. The highest BCUT2D eigenvalue weighted by molar-refractivity contribution is 5.26. The molecule has 17 heavy (non-hydrogen) atoms. The first-order valence-corrected chi connectivity index (χ1v) is 5.87. The van der Waals surface area contributed by atoms with Crippen molar-refractivity contribution in [1.29, 1.82) is 10.8 Å². The molecule has 5 heteroatoms. The summed E-state index contributed by atoms with van der Waals surface area (Å²) in [7, 11) is 0. The molecule has 0 aliphatic rings. The SMILES string of the molecule is CCCCOC(CC)CCC.N=C=O.N=C=O. The second kappa shape index (κ2) is 24.1. The normalized spacial score (nSPS) is 9.59. The van der Waals surface area contributed by atoms with E-state index < -0.39 is 0 Å². The van der Waals surface area contributed by atoms with Gasteiger partial charge >= 0.3 is 0 Å². The van der Waals surface area contributed by atoms with Gasteiger partial charge in [0.25, 0.3) is 0 Å². The minimum absolute atomic E-state index is 0.520. The number of rotatable bonds is 7. The van der Waals surface area contributed by atoms with Crippen LogP contribution in [-0.4, -0.2) is 24.9 Å². The van der Waals surface area contributed by atoms with Gasteiger partial charge in [-0.05, 0) is 19.3 Å². The molecule has 0 aliphatic carbocycles. The Hall–Kier alpha value is -1.28. The molecule has 0 aromatic rings. The quantitative estimate of drug-likeness (QED) is 0.409. The van der Waals surface area contributed by atoms with Crippen LogP contribution in [0.1, 0.15) is 52.9 Å². The molecular weight excluding hydrogens is 220 g/mol. The third-order valence-corrected chi connectivity index (χ3v) is 1.92. The van der Waals surface area contributed by atoms with Crippen molar-refractivity contribution in [3.05, 3.63) is 0 Å². The van der Waals surface area contributed by atoms with Crippen molar-refractivity contribution < 1.29 is 14.3 Å². The molecule has 2 N–H and O–H groups in total. The Morgan fingerprint density at radius 3 is 1.82 bits per heavy atom. The van der Waals surface area contributed by atoms with Gasteiger partial charge in [0, 0.05) is 6.61 Å². The van der Waals surface area contributed by atoms with Crippen molar-refractivity contribution in [3.63, 3.8) is 0 Å². The highest BCUT2D eigenvalue weighted by atomic mass is 16.5. The number of hydrogen-bond acceptors (Lipinski definition) is 5. The molecule has 0 amide bonds. The first-order chi connectivity index (χ1) is 8.17. The van der Waals surface area contributed by atoms with E-state index in [9.17, 15) is 0 Å². The number of carbonyl (C=O) groups excluding carboxylic acids is 2. The van der Waals surface area contributed by atoms with Crippen molar-refractivity contribution in [2.45, 2.75) is 59.0 Å². The summed E-state index contributed by atoms with van der Waals surface area (Å²) in [5.74, 6) is 0. The van der Waals surface area contributed by atoms with Crippen molar-refractivity contribution in [3.8, 4) is 0 Å². The van der Waals surface area contributed by atoms with Crippen molar-refractivity contribution in [1.82, 2.24) is 0 Å². The van der Waals surface area contributed by atoms with E-state index in [1.54, 1.807) is 0 Å². The number of hydrogen-bond donors (Lipinski definition) is 2. The summed E-state index contributed by atoms with van der Waals surface area (Å²) < 4.78 is 5.67. The summed E-state index contributed by atoms with van der Waals surface area (Å²) in [6.07, 6.45) is 8.09. The molecule has 0 bridgehead atoms. The second-order valence-electron chi connectivity index (χ2n) is 3.25. The minimum atomic E-state index is 0.520. The Bertz CT molecular complexity index is 184. The average molecular weight is 244 g/mol. The van der Waals surface area contributed by atoms with Crippen molar-refractivity contribution in [2.75, 3.05) is 6.61 Å². The summed E-state index contributed by atoms with van der Waals surface area (Å²) in [6.45, 7) is 7.57. The highest BCUT2D eigenvalue weighted by Crippen LogP contribution is 2.06. The molecular formula is C12H24N2O3. The lowest BCUT2D eigenvalue weighted by Crippen LogP contribution is -2.11. The maximum Gasteiger partial charge on any atom is 0.231 e. The van der Waals surface area contributed by atoms with Gasteiger partial charge in [-0.25, -0.2) is 20.4 Å². The third-order valence-electron chi connectivity index (χ3n) is 1.92. The maximum absolute atomic E-state index is 8.35. The molecule has 0 spiro atoms. The van der Waals surface area contributed by atoms with E-state index in [0.717, 1.165) is 25.2 Å². The van der Waals surface area contributed by atoms with Crippen LogP contribution in [0.25, 0.3) is 0 Å². The van der Waals surface area contributed by atoms with Gasteiger partial charge in [0.15, 0.2) is 0 Å². The van der Waals surface area contributed by atoms with Crippen LogP contribution in [0.2, 0.25) is 0 Å². The zero-order valence-electron chi connectivity index (χ0n) is 11.0. The molecule has 100 valence electrons. The van der Waals surface area contributed by atoms with Gasteiger partial charge in [0.2, 0.25) is 12.2 Å². The van der Waals surface area contributed by atoms with Gasteiger partial charge in [0.1, 0.15) is 0 Å². The van der Waals surface area contributed by atoms with Gasteiger partial charge in [-0.1, -0.05) is 33.6 Å². The predicted molar refractivity (Wildman–Crippen MR) is 66.7 cm³/mol.